The van der Waals surface area contributed by atoms with E-state index in [2.05, 4.69) is 27.2 Å². The Hall–Kier alpha value is -1.16. The van der Waals surface area contributed by atoms with Crippen LogP contribution < -0.4 is 10.2 Å². The van der Waals surface area contributed by atoms with Gasteiger partial charge in [-0.3, -0.25) is 0 Å². The smallest absolute Gasteiger partial charge is 0.225 e. The number of hydrogen-bond donors (Lipinski definition) is 1. The van der Waals surface area contributed by atoms with Crippen molar-refractivity contribution in [1.82, 2.24) is 15.3 Å². The zero-order chi connectivity index (χ0) is 12.4. The van der Waals surface area contributed by atoms with Crippen LogP contribution in [0.3, 0.4) is 0 Å². The Kier molecular flexibility index (Phi) is 3.46. The maximum atomic E-state index is 4.55. The highest BCUT2D eigenvalue weighted by Crippen LogP contribution is 2.35. The SMILES string of the molecule is CN(c1ncc(C2CCC2)cn1)C1CCNCC1. The maximum absolute atomic E-state index is 4.55. The lowest BCUT2D eigenvalue weighted by molar-refractivity contribution is 0.416. The van der Waals surface area contributed by atoms with Crippen molar-refractivity contribution in [3.8, 4) is 0 Å². The van der Waals surface area contributed by atoms with Crippen LogP contribution in [0.4, 0.5) is 5.95 Å². The zero-order valence-corrected chi connectivity index (χ0v) is 11.1. The fourth-order valence-corrected chi connectivity index (χ4v) is 2.82. The van der Waals surface area contributed by atoms with Crippen LogP contribution in [-0.2, 0) is 0 Å². The average Bonchev–Trinajstić information content (AvgIpc) is 2.38. The molecule has 0 radical (unpaired) electrons. The summed E-state index contributed by atoms with van der Waals surface area (Å²) in [6, 6.07) is 0.584. The zero-order valence-electron chi connectivity index (χ0n) is 11.1. The van der Waals surface area contributed by atoms with Gasteiger partial charge >= 0.3 is 0 Å². The molecule has 4 heteroatoms. The molecule has 1 N–H and O–H groups in total. The van der Waals surface area contributed by atoms with Gasteiger partial charge in [0, 0.05) is 25.5 Å². The van der Waals surface area contributed by atoms with Gasteiger partial charge in [0.1, 0.15) is 0 Å². The summed E-state index contributed by atoms with van der Waals surface area (Å²) < 4.78 is 0. The topological polar surface area (TPSA) is 41.1 Å². The van der Waals surface area contributed by atoms with Gasteiger partial charge in [0.15, 0.2) is 0 Å². The molecule has 1 aliphatic carbocycles. The normalized spacial score (nSPS) is 21.6. The van der Waals surface area contributed by atoms with Crippen LogP contribution >= 0.6 is 0 Å². The summed E-state index contributed by atoms with van der Waals surface area (Å²) in [7, 11) is 2.12. The van der Waals surface area contributed by atoms with Gasteiger partial charge in [0.2, 0.25) is 5.95 Å². The van der Waals surface area contributed by atoms with Crippen LogP contribution in [0.1, 0.15) is 43.6 Å². The number of aromatic nitrogens is 2. The summed E-state index contributed by atoms with van der Waals surface area (Å²) in [5.41, 5.74) is 1.32. The van der Waals surface area contributed by atoms with E-state index in [9.17, 15) is 0 Å². The van der Waals surface area contributed by atoms with Crippen molar-refractivity contribution in [2.24, 2.45) is 0 Å². The number of nitrogens with one attached hydrogen (secondary N) is 1. The first-order valence-corrected chi connectivity index (χ1v) is 7.10. The molecule has 4 nitrogen and oxygen atoms in total. The van der Waals surface area contributed by atoms with Crippen molar-refractivity contribution in [1.29, 1.82) is 0 Å². The van der Waals surface area contributed by atoms with E-state index in [0.29, 0.717) is 6.04 Å². The number of rotatable bonds is 3. The van der Waals surface area contributed by atoms with Crippen LogP contribution in [0.25, 0.3) is 0 Å². The summed E-state index contributed by atoms with van der Waals surface area (Å²) in [5.74, 6) is 1.60. The molecule has 1 aromatic rings. The molecule has 1 aliphatic heterocycles. The second-order valence-electron chi connectivity index (χ2n) is 5.54. The molecular weight excluding hydrogens is 224 g/mol. The second kappa shape index (κ2) is 5.22. The Morgan fingerprint density at radius 2 is 1.78 bits per heavy atom. The van der Waals surface area contributed by atoms with Crippen LogP contribution in [0, 0.1) is 0 Å². The van der Waals surface area contributed by atoms with E-state index in [-0.39, 0.29) is 0 Å². The van der Waals surface area contributed by atoms with E-state index >= 15 is 0 Å². The van der Waals surface area contributed by atoms with Crippen LogP contribution in [0.2, 0.25) is 0 Å². The monoisotopic (exact) mass is 246 g/mol. The molecule has 2 fully saturated rings. The van der Waals surface area contributed by atoms with E-state index in [1.807, 2.05) is 12.4 Å². The molecule has 0 spiro atoms. The molecule has 1 aromatic heterocycles. The van der Waals surface area contributed by atoms with Gasteiger partial charge in [-0.1, -0.05) is 6.42 Å². The Labute approximate surface area is 109 Å². The highest BCUT2D eigenvalue weighted by Gasteiger charge is 2.22. The van der Waals surface area contributed by atoms with Crippen molar-refractivity contribution in [3.63, 3.8) is 0 Å². The van der Waals surface area contributed by atoms with Crippen molar-refractivity contribution >= 4 is 5.95 Å². The van der Waals surface area contributed by atoms with E-state index in [4.69, 9.17) is 0 Å². The number of anilines is 1. The molecule has 18 heavy (non-hydrogen) atoms. The first-order valence-electron chi connectivity index (χ1n) is 7.10. The minimum absolute atomic E-state index is 0.584. The third-order valence-electron chi connectivity index (χ3n) is 4.41. The highest BCUT2D eigenvalue weighted by atomic mass is 15.3. The molecule has 0 atom stereocenters. The standard InChI is InChI=1S/C14H22N4/c1-18(13-5-7-15-8-6-13)14-16-9-12(10-17-14)11-3-2-4-11/h9-11,13,15H,2-8H2,1H3. The molecule has 0 unspecified atom stereocenters. The van der Waals surface area contributed by atoms with E-state index in [1.54, 1.807) is 0 Å². The molecular formula is C14H22N4. The quantitative estimate of drug-likeness (QED) is 0.885. The average molecular weight is 246 g/mol. The molecule has 2 heterocycles. The van der Waals surface area contributed by atoms with E-state index in [0.717, 1.165) is 25.0 Å². The molecule has 2 aliphatic rings. The Bertz CT molecular complexity index is 379. The lowest BCUT2D eigenvalue weighted by Gasteiger charge is -2.32. The van der Waals surface area contributed by atoms with Crippen LogP contribution in [0.5, 0.6) is 0 Å². The largest absolute Gasteiger partial charge is 0.341 e. The second-order valence-corrected chi connectivity index (χ2v) is 5.54. The van der Waals surface area contributed by atoms with E-state index in [1.165, 1.54) is 37.7 Å². The first kappa shape index (κ1) is 11.9. The fraction of sp³-hybridized carbons (Fsp3) is 0.714. The van der Waals surface area contributed by atoms with Gasteiger partial charge in [-0.2, -0.15) is 0 Å². The van der Waals surface area contributed by atoms with Gasteiger partial charge in [0.05, 0.1) is 0 Å². The summed E-state index contributed by atoms with van der Waals surface area (Å²) >= 11 is 0. The molecule has 1 saturated heterocycles. The van der Waals surface area contributed by atoms with Crippen LogP contribution in [-0.4, -0.2) is 36.1 Å². The first-order chi connectivity index (χ1) is 8.84. The van der Waals surface area contributed by atoms with Gasteiger partial charge in [-0.15, -0.1) is 0 Å². The molecule has 3 rings (SSSR count). The van der Waals surface area contributed by atoms with Crippen molar-refractivity contribution in [2.45, 2.75) is 44.1 Å². The summed E-state index contributed by atoms with van der Waals surface area (Å²) in [4.78, 5) is 11.3. The highest BCUT2D eigenvalue weighted by molar-refractivity contribution is 5.31. The van der Waals surface area contributed by atoms with Crippen molar-refractivity contribution in [2.75, 3.05) is 25.0 Å². The molecule has 0 aromatic carbocycles. The van der Waals surface area contributed by atoms with Gasteiger partial charge < -0.3 is 10.2 Å². The number of piperidine rings is 1. The third kappa shape index (κ3) is 2.34. The number of nitrogens with zero attached hydrogens (tertiary/aromatic N) is 3. The predicted molar refractivity (Wildman–Crippen MR) is 72.9 cm³/mol. The van der Waals surface area contributed by atoms with Crippen LogP contribution in [0.15, 0.2) is 12.4 Å². The van der Waals surface area contributed by atoms with Gasteiger partial charge in [0.25, 0.3) is 0 Å². The predicted octanol–water partition coefficient (Wildman–Crippen LogP) is 1.93. The lowest BCUT2D eigenvalue weighted by atomic mass is 9.81. The lowest BCUT2D eigenvalue weighted by Crippen LogP contribution is -2.41. The summed E-state index contributed by atoms with van der Waals surface area (Å²) in [6.07, 6.45) is 10.4. The Morgan fingerprint density at radius 1 is 1.11 bits per heavy atom. The molecule has 98 valence electrons. The number of hydrogen-bond acceptors (Lipinski definition) is 4. The maximum Gasteiger partial charge on any atom is 0.225 e. The minimum Gasteiger partial charge on any atom is -0.341 e. The molecule has 0 amide bonds. The fourth-order valence-electron chi connectivity index (χ4n) is 2.82. The van der Waals surface area contributed by atoms with Gasteiger partial charge in [-0.05, 0) is 50.3 Å². The van der Waals surface area contributed by atoms with Gasteiger partial charge in [-0.25, -0.2) is 9.97 Å². The Morgan fingerprint density at radius 3 is 2.33 bits per heavy atom. The Balaban J connectivity index is 1.67. The summed E-state index contributed by atoms with van der Waals surface area (Å²) in [6.45, 7) is 2.21. The third-order valence-corrected chi connectivity index (χ3v) is 4.41. The van der Waals surface area contributed by atoms with Crippen molar-refractivity contribution < 1.29 is 0 Å². The minimum atomic E-state index is 0.584. The van der Waals surface area contributed by atoms with E-state index < -0.39 is 0 Å². The van der Waals surface area contributed by atoms with Crippen molar-refractivity contribution in [3.05, 3.63) is 18.0 Å². The molecule has 0 bridgehead atoms. The summed E-state index contributed by atoms with van der Waals surface area (Å²) in [5, 5.41) is 3.39. The molecule has 1 saturated carbocycles.